The third kappa shape index (κ3) is 2.57. The van der Waals surface area contributed by atoms with Gasteiger partial charge in [0.05, 0.1) is 11.1 Å². The summed E-state index contributed by atoms with van der Waals surface area (Å²) in [4.78, 5) is 3.94. The number of benzene rings is 1. The van der Waals surface area contributed by atoms with Crippen molar-refractivity contribution in [1.29, 1.82) is 0 Å². The van der Waals surface area contributed by atoms with E-state index in [4.69, 9.17) is 16.3 Å². The molecule has 3 rings (SSSR count). The first-order valence-corrected chi connectivity index (χ1v) is 6.64. The van der Waals surface area contributed by atoms with E-state index >= 15 is 0 Å². The van der Waals surface area contributed by atoms with Crippen LogP contribution in [0.2, 0.25) is 5.02 Å². The van der Waals surface area contributed by atoms with Gasteiger partial charge >= 0.3 is 0 Å². The normalized spacial score (nSPS) is 17.3. The molecule has 19 heavy (non-hydrogen) atoms. The maximum Gasteiger partial charge on any atom is 0.120 e. The Bertz CT molecular complexity index is 600. The number of aryl methyl sites for hydroxylation is 1. The number of aliphatic hydroxyl groups is 1. The number of aliphatic hydroxyl groups excluding tert-OH is 1. The van der Waals surface area contributed by atoms with E-state index in [-0.39, 0.29) is 6.10 Å². The molecule has 2 aromatic rings. The molecule has 0 saturated carbocycles. The zero-order valence-corrected chi connectivity index (χ0v) is 11.1. The minimum atomic E-state index is -0.321. The molecule has 1 aliphatic rings. The Labute approximate surface area is 116 Å². The van der Waals surface area contributed by atoms with E-state index in [1.807, 2.05) is 24.3 Å². The van der Waals surface area contributed by atoms with Gasteiger partial charge in [0.15, 0.2) is 0 Å². The third-order valence-electron chi connectivity index (χ3n) is 3.41. The molecular weight excluding hydrogens is 262 g/mol. The molecule has 0 fully saturated rings. The van der Waals surface area contributed by atoms with E-state index in [1.54, 1.807) is 12.4 Å². The molecule has 1 heterocycles. The minimum absolute atomic E-state index is 0.321. The van der Waals surface area contributed by atoms with Crippen molar-refractivity contribution in [1.82, 2.24) is 4.98 Å². The molecule has 1 aliphatic carbocycles. The molecule has 3 nitrogen and oxygen atoms in total. The Morgan fingerprint density at radius 1 is 1.37 bits per heavy atom. The number of rotatable bonds is 3. The third-order valence-corrected chi connectivity index (χ3v) is 3.75. The van der Waals surface area contributed by atoms with Gasteiger partial charge in [0.25, 0.3) is 0 Å². The van der Waals surface area contributed by atoms with Gasteiger partial charge in [-0.2, -0.15) is 0 Å². The van der Waals surface area contributed by atoms with Gasteiger partial charge in [-0.05, 0) is 42.2 Å². The van der Waals surface area contributed by atoms with E-state index in [2.05, 4.69) is 4.98 Å². The summed E-state index contributed by atoms with van der Waals surface area (Å²) in [6, 6.07) is 7.68. The van der Waals surface area contributed by atoms with Crippen molar-refractivity contribution in [3.63, 3.8) is 0 Å². The van der Waals surface area contributed by atoms with Crippen molar-refractivity contribution in [2.75, 3.05) is 0 Å². The summed E-state index contributed by atoms with van der Waals surface area (Å²) in [5, 5.41) is 10.4. The van der Waals surface area contributed by atoms with Crippen molar-refractivity contribution < 1.29 is 9.84 Å². The van der Waals surface area contributed by atoms with Gasteiger partial charge in [-0.1, -0.05) is 17.7 Å². The highest BCUT2D eigenvalue weighted by Gasteiger charge is 2.20. The van der Waals surface area contributed by atoms with Crippen molar-refractivity contribution >= 4 is 11.6 Å². The molecule has 1 aromatic carbocycles. The SMILES string of the molecule is OC1CCc2cc(OCc3ccncc3Cl)ccc21. The summed E-state index contributed by atoms with van der Waals surface area (Å²) in [7, 11) is 0. The van der Waals surface area contributed by atoms with Crippen LogP contribution in [-0.4, -0.2) is 10.1 Å². The summed E-state index contributed by atoms with van der Waals surface area (Å²) in [6.07, 6.45) is 4.69. The summed E-state index contributed by atoms with van der Waals surface area (Å²) in [5.74, 6) is 0.806. The monoisotopic (exact) mass is 275 g/mol. The van der Waals surface area contributed by atoms with E-state index in [1.165, 1.54) is 5.56 Å². The van der Waals surface area contributed by atoms with Crippen molar-refractivity contribution in [3.8, 4) is 5.75 Å². The number of ether oxygens (including phenoxy) is 1. The smallest absolute Gasteiger partial charge is 0.120 e. The van der Waals surface area contributed by atoms with Gasteiger partial charge in [-0.3, -0.25) is 4.98 Å². The predicted octanol–water partition coefficient (Wildman–Crippen LogP) is 3.29. The number of nitrogens with zero attached hydrogens (tertiary/aromatic N) is 1. The summed E-state index contributed by atoms with van der Waals surface area (Å²) >= 11 is 6.03. The number of aromatic nitrogens is 1. The fraction of sp³-hybridized carbons (Fsp3) is 0.267. The molecule has 1 atom stereocenters. The van der Waals surface area contributed by atoms with Gasteiger partial charge < -0.3 is 9.84 Å². The van der Waals surface area contributed by atoms with Gasteiger partial charge in [-0.25, -0.2) is 0 Å². The molecule has 1 aromatic heterocycles. The maximum atomic E-state index is 9.75. The number of halogens is 1. The van der Waals surface area contributed by atoms with Crippen LogP contribution in [0, 0.1) is 0 Å². The van der Waals surface area contributed by atoms with Crippen LogP contribution >= 0.6 is 11.6 Å². The highest BCUT2D eigenvalue weighted by atomic mass is 35.5. The van der Waals surface area contributed by atoms with E-state index < -0.39 is 0 Å². The van der Waals surface area contributed by atoms with Gasteiger partial charge in [-0.15, -0.1) is 0 Å². The Balaban J connectivity index is 1.73. The zero-order valence-electron chi connectivity index (χ0n) is 10.3. The molecule has 0 saturated heterocycles. The minimum Gasteiger partial charge on any atom is -0.489 e. The number of pyridine rings is 1. The lowest BCUT2D eigenvalue weighted by molar-refractivity contribution is 0.180. The van der Waals surface area contributed by atoms with Crippen LogP contribution < -0.4 is 4.74 Å². The quantitative estimate of drug-likeness (QED) is 0.935. The Morgan fingerprint density at radius 3 is 3.11 bits per heavy atom. The zero-order chi connectivity index (χ0) is 13.2. The van der Waals surface area contributed by atoms with Crippen LogP contribution in [-0.2, 0) is 13.0 Å². The van der Waals surface area contributed by atoms with Crippen LogP contribution in [0.15, 0.2) is 36.7 Å². The lowest BCUT2D eigenvalue weighted by Crippen LogP contribution is -1.98. The summed E-state index contributed by atoms with van der Waals surface area (Å²) < 4.78 is 5.74. The van der Waals surface area contributed by atoms with Crippen LogP contribution in [0.3, 0.4) is 0 Å². The first-order valence-electron chi connectivity index (χ1n) is 6.26. The largest absolute Gasteiger partial charge is 0.489 e. The van der Waals surface area contributed by atoms with Crippen molar-refractivity contribution in [2.24, 2.45) is 0 Å². The topological polar surface area (TPSA) is 42.4 Å². The molecule has 0 amide bonds. The van der Waals surface area contributed by atoms with E-state index in [0.29, 0.717) is 11.6 Å². The van der Waals surface area contributed by atoms with Crippen LogP contribution in [0.4, 0.5) is 0 Å². The molecule has 1 unspecified atom stereocenters. The molecule has 0 radical (unpaired) electrons. The molecule has 98 valence electrons. The predicted molar refractivity (Wildman–Crippen MR) is 73.3 cm³/mol. The number of fused-ring (bicyclic) bond motifs is 1. The Hall–Kier alpha value is -1.58. The molecule has 1 N–H and O–H groups in total. The maximum absolute atomic E-state index is 9.75. The van der Waals surface area contributed by atoms with Crippen LogP contribution in [0.25, 0.3) is 0 Å². The standard InChI is InChI=1S/C15H14ClNO2/c16-14-8-17-6-5-11(14)9-19-12-2-3-13-10(7-12)1-4-15(13)18/h2-3,5-8,15,18H,1,4,9H2. The molecular formula is C15H14ClNO2. The molecule has 0 aliphatic heterocycles. The second kappa shape index (κ2) is 5.19. The van der Waals surface area contributed by atoms with E-state index in [0.717, 1.165) is 29.7 Å². The van der Waals surface area contributed by atoms with E-state index in [9.17, 15) is 5.11 Å². The fourth-order valence-corrected chi connectivity index (χ4v) is 2.52. The number of hydrogen-bond acceptors (Lipinski definition) is 3. The molecule has 0 spiro atoms. The first kappa shape index (κ1) is 12.5. The second-order valence-corrected chi connectivity index (χ2v) is 5.08. The summed E-state index contributed by atoms with van der Waals surface area (Å²) in [5.41, 5.74) is 3.11. The van der Waals surface area contributed by atoms with Crippen molar-refractivity contribution in [3.05, 3.63) is 58.4 Å². The van der Waals surface area contributed by atoms with Gasteiger partial charge in [0.2, 0.25) is 0 Å². The van der Waals surface area contributed by atoms with Crippen LogP contribution in [0.5, 0.6) is 5.75 Å². The highest BCUT2D eigenvalue weighted by Crippen LogP contribution is 2.33. The average Bonchev–Trinajstić information content (AvgIpc) is 2.79. The highest BCUT2D eigenvalue weighted by molar-refractivity contribution is 6.31. The molecule has 4 heteroatoms. The second-order valence-electron chi connectivity index (χ2n) is 4.67. The Morgan fingerprint density at radius 2 is 2.26 bits per heavy atom. The summed E-state index contributed by atoms with van der Waals surface area (Å²) in [6.45, 7) is 0.419. The van der Waals surface area contributed by atoms with Gasteiger partial charge in [0.1, 0.15) is 12.4 Å². The Kier molecular flexibility index (Phi) is 3.40. The number of hydrogen-bond donors (Lipinski definition) is 1. The molecule has 0 bridgehead atoms. The lowest BCUT2D eigenvalue weighted by atomic mass is 10.1. The van der Waals surface area contributed by atoms with Gasteiger partial charge in [0, 0.05) is 18.0 Å². The fourth-order valence-electron chi connectivity index (χ4n) is 2.34. The lowest BCUT2D eigenvalue weighted by Gasteiger charge is -2.09. The first-order chi connectivity index (χ1) is 9.24. The average molecular weight is 276 g/mol. The van der Waals surface area contributed by atoms with Crippen molar-refractivity contribution in [2.45, 2.75) is 25.6 Å². The van der Waals surface area contributed by atoms with Crippen LogP contribution in [0.1, 0.15) is 29.2 Å².